The lowest BCUT2D eigenvalue weighted by molar-refractivity contribution is 0.275. The Morgan fingerprint density at radius 2 is 1.81 bits per heavy atom. The fourth-order valence-corrected chi connectivity index (χ4v) is 2.60. The molecule has 0 radical (unpaired) electrons. The predicted octanol–water partition coefficient (Wildman–Crippen LogP) is 2.62. The number of benzene rings is 1. The Morgan fingerprint density at radius 3 is 2.42 bits per heavy atom. The minimum atomic E-state index is -4.64. The van der Waals surface area contributed by atoms with Gasteiger partial charge in [0.05, 0.1) is 6.20 Å². The summed E-state index contributed by atoms with van der Waals surface area (Å²) in [6, 6.07) is 8.64. The Bertz CT molecular complexity index is 692. The Balaban J connectivity index is 0.000000597. The van der Waals surface area contributed by atoms with Crippen molar-refractivity contribution in [1.82, 2.24) is 15.1 Å². The third-order valence-electron chi connectivity index (χ3n) is 3.96. The van der Waals surface area contributed by atoms with Gasteiger partial charge in [-0.25, -0.2) is 4.57 Å². The molecule has 1 heterocycles. The molecule has 0 aliphatic rings. The molecule has 2 aromatic rings. The molecule has 1 aromatic heterocycles. The number of phosphoric acid groups is 1. The SMILES string of the molecule is CCN(CC)CCCC(C)Nc1nncc2ccccc12.O=P(O)(O)O. The van der Waals surface area contributed by atoms with Gasteiger partial charge in [-0.05, 0) is 39.4 Å². The van der Waals surface area contributed by atoms with Gasteiger partial charge in [-0.2, -0.15) is 5.10 Å². The summed E-state index contributed by atoms with van der Waals surface area (Å²) in [7, 11) is -4.64. The van der Waals surface area contributed by atoms with E-state index in [-0.39, 0.29) is 0 Å². The van der Waals surface area contributed by atoms with Crippen LogP contribution in [0.2, 0.25) is 0 Å². The van der Waals surface area contributed by atoms with Gasteiger partial charge in [-0.1, -0.05) is 38.1 Å². The van der Waals surface area contributed by atoms with E-state index in [2.05, 4.69) is 53.3 Å². The van der Waals surface area contributed by atoms with Gasteiger partial charge in [0.1, 0.15) is 0 Å². The zero-order valence-corrected chi connectivity index (χ0v) is 16.4. The summed E-state index contributed by atoms with van der Waals surface area (Å²) >= 11 is 0. The van der Waals surface area contributed by atoms with E-state index in [9.17, 15) is 0 Å². The maximum Gasteiger partial charge on any atom is 0.466 e. The number of rotatable bonds is 8. The van der Waals surface area contributed by atoms with E-state index in [1.165, 1.54) is 13.0 Å². The molecule has 0 saturated heterocycles. The standard InChI is InChI=1S/C17H26N4.H3O4P/c1-4-21(5-2)12-8-9-14(3)19-17-16-11-7-6-10-15(16)13-18-20-17;1-5(2,3)4/h6-7,10-11,13-14H,4-5,8-9,12H2,1-3H3,(H,19,20);(H3,1,2,3,4). The smallest absolute Gasteiger partial charge is 0.366 e. The number of anilines is 1. The van der Waals surface area contributed by atoms with Crippen LogP contribution in [0.4, 0.5) is 5.82 Å². The normalized spacial score (nSPS) is 12.6. The Hall–Kier alpha value is -1.57. The molecule has 4 N–H and O–H groups in total. The zero-order valence-electron chi connectivity index (χ0n) is 15.5. The highest BCUT2D eigenvalue weighted by Gasteiger charge is 2.08. The third kappa shape index (κ3) is 9.22. The molecule has 0 amide bonds. The summed E-state index contributed by atoms with van der Waals surface area (Å²) in [5, 5.41) is 14.1. The molecule has 0 saturated carbocycles. The van der Waals surface area contributed by atoms with Crippen molar-refractivity contribution in [1.29, 1.82) is 0 Å². The lowest BCUT2D eigenvalue weighted by Crippen LogP contribution is -2.25. The van der Waals surface area contributed by atoms with Crippen LogP contribution in [0.25, 0.3) is 10.8 Å². The molecule has 0 fully saturated rings. The van der Waals surface area contributed by atoms with Gasteiger partial charge < -0.3 is 24.9 Å². The monoisotopic (exact) mass is 384 g/mol. The number of aromatic nitrogens is 2. The minimum Gasteiger partial charge on any atom is -0.366 e. The molecular formula is C17H29N4O4P. The van der Waals surface area contributed by atoms with Crippen molar-refractivity contribution in [2.75, 3.05) is 25.0 Å². The molecule has 146 valence electrons. The van der Waals surface area contributed by atoms with Gasteiger partial charge in [0.2, 0.25) is 0 Å². The highest BCUT2D eigenvalue weighted by Crippen LogP contribution is 2.25. The van der Waals surface area contributed by atoms with E-state index >= 15 is 0 Å². The Labute approximate surface area is 154 Å². The average Bonchev–Trinajstić information content (AvgIpc) is 2.58. The van der Waals surface area contributed by atoms with E-state index in [0.29, 0.717) is 6.04 Å². The molecule has 0 aliphatic heterocycles. The van der Waals surface area contributed by atoms with Crippen molar-refractivity contribution in [3.8, 4) is 0 Å². The van der Waals surface area contributed by atoms with Crippen molar-refractivity contribution in [2.24, 2.45) is 0 Å². The zero-order chi connectivity index (χ0) is 19.6. The van der Waals surface area contributed by atoms with Crippen molar-refractivity contribution < 1.29 is 19.2 Å². The van der Waals surface area contributed by atoms with Crippen LogP contribution in [0.5, 0.6) is 0 Å². The van der Waals surface area contributed by atoms with Crippen molar-refractivity contribution in [3.05, 3.63) is 30.5 Å². The van der Waals surface area contributed by atoms with Crippen molar-refractivity contribution in [3.63, 3.8) is 0 Å². The van der Waals surface area contributed by atoms with Gasteiger partial charge in [-0.15, -0.1) is 5.10 Å². The van der Waals surface area contributed by atoms with Crippen LogP contribution in [-0.4, -0.2) is 55.5 Å². The van der Waals surface area contributed by atoms with Crippen LogP contribution in [0, 0.1) is 0 Å². The van der Waals surface area contributed by atoms with Crippen LogP contribution in [0.1, 0.15) is 33.6 Å². The summed E-state index contributed by atoms with van der Waals surface area (Å²) in [5.41, 5.74) is 0. The summed E-state index contributed by atoms with van der Waals surface area (Å²) < 4.78 is 8.88. The molecule has 0 bridgehead atoms. The largest absolute Gasteiger partial charge is 0.466 e. The minimum absolute atomic E-state index is 0.403. The van der Waals surface area contributed by atoms with Crippen LogP contribution in [-0.2, 0) is 4.57 Å². The fraction of sp³-hybridized carbons (Fsp3) is 0.529. The topological polar surface area (TPSA) is 119 Å². The lowest BCUT2D eigenvalue weighted by Gasteiger charge is -2.20. The van der Waals surface area contributed by atoms with Crippen LogP contribution < -0.4 is 5.32 Å². The quantitative estimate of drug-likeness (QED) is 0.513. The average molecular weight is 384 g/mol. The third-order valence-corrected chi connectivity index (χ3v) is 3.96. The fourth-order valence-electron chi connectivity index (χ4n) is 2.60. The first-order valence-corrected chi connectivity index (χ1v) is 10.3. The molecule has 0 spiro atoms. The molecule has 2 rings (SSSR count). The van der Waals surface area contributed by atoms with E-state index in [1.807, 2.05) is 18.3 Å². The van der Waals surface area contributed by atoms with Gasteiger partial charge in [0.25, 0.3) is 0 Å². The summed E-state index contributed by atoms with van der Waals surface area (Å²) in [6.45, 7) is 10.1. The number of hydrogen-bond acceptors (Lipinski definition) is 5. The predicted molar refractivity (Wildman–Crippen MR) is 104 cm³/mol. The van der Waals surface area contributed by atoms with Gasteiger partial charge in [-0.3, -0.25) is 0 Å². The van der Waals surface area contributed by atoms with E-state index in [0.717, 1.165) is 36.1 Å². The first-order chi connectivity index (χ1) is 12.2. The van der Waals surface area contributed by atoms with Crippen LogP contribution in [0.3, 0.4) is 0 Å². The first-order valence-electron chi connectivity index (χ1n) is 8.72. The highest BCUT2D eigenvalue weighted by atomic mass is 31.2. The number of fused-ring (bicyclic) bond motifs is 1. The summed E-state index contributed by atoms with van der Waals surface area (Å²) in [5.74, 6) is 0.892. The second kappa shape index (κ2) is 11.2. The lowest BCUT2D eigenvalue weighted by atomic mass is 10.1. The molecule has 1 aromatic carbocycles. The van der Waals surface area contributed by atoms with E-state index in [4.69, 9.17) is 19.2 Å². The van der Waals surface area contributed by atoms with Crippen molar-refractivity contribution in [2.45, 2.75) is 39.7 Å². The molecule has 26 heavy (non-hydrogen) atoms. The molecule has 9 heteroatoms. The highest BCUT2D eigenvalue weighted by molar-refractivity contribution is 7.45. The van der Waals surface area contributed by atoms with Gasteiger partial charge in [0, 0.05) is 16.8 Å². The number of hydrogen-bond donors (Lipinski definition) is 4. The number of nitrogens with one attached hydrogen (secondary N) is 1. The second-order valence-electron chi connectivity index (χ2n) is 6.01. The van der Waals surface area contributed by atoms with Crippen LogP contribution >= 0.6 is 7.82 Å². The second-order valence-corrected chi connectivity index (χ2v) is 7.03. The summed E-state index contributed by atoms with van der Waals surface area (Å²) in [6.07, 6.45) is 4.15. The molecule has 8 nitrogen and oxygen atoms in total. The molecular weight excluding hydrogens is 355 g/mol. The molecule has 0 aliphatic carbocycles. The molecule has 1 unspecified atom stereocenters. The van der Waals surface area contributed by atoms with Gasteiger partial charge >= 0.3 is 7.82 Å². The Kier molecular flexibility index (Phi) is 9.69. The van der Waals surface area contributed by atoms with Gasteiger partial charge in [0.15, 0.2) is 5.82 Å². The van der Waals surface area contributed by atoms with E-state index < -0.39 is 7.82 Å². The van der Waals surface area contributed by atoms with Crippen molar-refractivity contribution >= 4 is 24.4 Å². The number of nitrogens with zero attached hydrogens (tertiary/aromatic N) is 3. The summed E-state index contributed by atoms with van der Waals surface area (Å²) in [4.78, 5) is 24.0. The maximum atomic E-state index is 8.88. The maximum absolute atomic E-state index is 8.88. The molecule has 1 atom stereocenters. The first kappa shape index (κ1) is 22.5. The van der Waals surface area contributed by atoms with E-state index in [1.54, 1.807) is 0 Å². The Morgan fingerprint density at radius 1 is 1.19 bits per heavy atom. The van der Waals surface area contributed by atoms with Crippen LogP contribution in [0.15, 0.2) is 30.5 Å².